The first-order valence-electron chi connectivity index (χ1n) is 40.8. The molecular weight excluding hydrogens is 2310 g/mol. The quantitative estimate of drug-likeness (QED) is 0.0209. The minimum Gasteiger partial charge on any atom is -0.366 e. The number of unbranched alkanes of at least 4 members (excludes halogenated alkanes) is 2. The zero-order valence-corrected chi connectivity index (χ0v) is 82.1. The summed E-state index contributed by atoms with van der Waals surface area (Å²) in [6.45, 7) is 0. The van der Waals surface area contributed by atoms with E-state index in [1.54, 1.807) is 0 Å². The monoisotopic (exact) mass is 2400 g/mol. The molecule has 10 heteroatoms. The van der Waals surface area contributed by atoms with Crippen molar-refractivity contribution in [1.29, 1.82) is 0 Å². The second kappa shape index (κ2) is 47.1. The number of hydrogen-bond donors (Lipinski definition) is 0. The fourth-order valence-electron chi connectivity index (χ4n) is 17.4. The Morgan fingerprint density at radius 3 is 0.459 bits per heavy atom. The van der Waals surface area contributed by atoms with E-state index in [4.69, 9.17) is 25.7 Å². The molecule has 0 N–H and O–H groups in total. The van der Waals surface area contributed by atoms with E-state index in [1.165, 1.54) is 157 Å². The van der Waals surface area contributed by atoms with E-state index in [0.717, 1.165) is 22.3 Å². The van der Waals surface area contributed by atoms with E-state index in [0.29, 0.717) is 0 Å². The Morgan fingerprint density at radius 2 is 0.320 bits per heavy atom. The second-order valence-corrected chi connectivity index (χ2v) is 47.7. The van der Waals surface area contributed by atoms with E-state index in [-0.39, 0.29) is 89.5 Å². The molecule has 2 heterocycles. The normalized spacial score (nSPS) is 11.7. The molecule has 0 atom stereocenters. The standard InChI is InChI=1S/2C28H28P2.2C28H16Si.4Au/c2*1-5-15-25(16-6-1)29(26-17-7-2-8-18-26)23-13-14-24-30(27-19-9-3-10-20-27)28-21-11-4-12-22-28;2*1-3-21-15-17-25-26-18-16-22(4-2)20-28(26)29(27(25)19-21,23-11-7-5-8-12-23)24-13-9-6-10-14-24;;;;/h2*1-12,15-22H,13-14,23-24H2;2*5-20H;;;;/q;;2*-2;4*+1/p+4. The van der Waals surface area contributed by atoms with Crippen molar-refractivity contribution in [2.75, 3.05) is 24.6 Å². The van der Waals surface area contributed by atoms with Crippen LogP contribution in [0.2, 0.25) is 0 Å². The molecule has 122 heavy (non-hydrogen) atoms. The summed E-state index contributed by atoms with van der Waals surface area (Å²) in [4.78, 5) is 0. The molecular formula is C112H92Au4P4Si2+4. The summed E-state index contributed by atoms with van der Waals surface area (Å²) in [5, 5.41) is 22.6. The summed E-state index contributed by atoms with van der Waals surface area (Å²) in [7, 11) is -7.99. The summed E-state index contributed by atoms with van der Waals surface area (Å²) in [6, 6.07) is 157. The third-order valence-electron chi connectivity index (χ3n) is 22.9. The van der Waals surface area contributed by atoms with Crippen molar-refractivity contribution in [3.8, 4) is 45.9 Å². The molecule has 18 rings (SSSR count). The van der Waals surface area contributed by atoms with Gasteiger partial charge in [-0.25, -0.2) is 0 Å². The Morgan fingerprint density at radius 1 is 0.180 bits per heavy atom. The SMILES string of the molecule is [Au+].[Au+].[Au+].[Au+].[C-]#Cc1ccc2c(c1)[Si](c1ccccc1)(c1ccccc1)c1cc(C#[C-])ccc1-2.[C-]#Cc1ccc2c(c1)[Si](c1ccccc1)(c1ccccc1)c1cc(C#[C-])ccc1-2.c1ccc([PH+](CCCC[PH+](c2ccccc2)c2ccccc2)c2ccccc2)cc1.c1ccc([PH+](CCCC[PH+](c2ccccc2)c2ccccc2)c2ccccc2)cc1. The summed E-state index contributed by atoms with van der Waals surface area (Å²) in [6.07, 6.45) is 41.2. The van der Waals surface area contributed by atoms with Gasteiger partial charge in [0, 0.05) is 0 Å². The van der Waals surface area contributed by atoms with Crippen LogP contribution in [0.4, 0.5) is 0 Å². The third-order valence-corrected chi connectivity index (χ3v) is 44.2. The van der Waals surface area contributed by atoms with Gasteiger partial charge in [0.25, 0.3) is 0 Å². The number of rotatable bonds is 22. The molecule has 0 nitrogen and oxygen atoms in total. The van der Waals surface area contributed by atoms with E-state index < -0.39 is 47.8 Å². The van der Waals surface area contributed by atoms with E-state index in [2.05, 4.69) is 436 Å². The van der Waals surface area contributed by atoms with Crippen molar-refractivity contribution in [2.45, 2.75) is 25.7 Å². The molecule has 0 amide bonds. The minimum atomic E-state index is -2.57. The van der Waals surface area contributed by atoms with Crippen LogP contribution in [0.25, 0.3) is 22.3 Å². The fourth-order valence-corrected chi connectivity index (χ4v) is 38.7. The van der Waals surface area contributed by atoms with Crippen LogP contribution in [-0.4, -0.2) is 40.8 Å². The number of hydrogen-bond acceptors (Lipinski definition) is 0. The van der Waals surface area contributed by atoms with Crippen LogP contribution in [-0.2, 0) is 89.5 Å². The molecule has 0 spiro atoms. The van der Waals surface area contributed by atoms with Gasteiger partial charge in [-0.1, -0.05) is 312 Å². The Labute approximate surface area is 793 Å². The van der Waals surface area contributed by atoms with Gasteiger partial charge in [0.15, 0.2) is 16.1 Å². The molecule has 16 aromatic rings. The Bertz CT molecular complexity index is 5200. The molecule has 0 saturated heterocycles. The van der Waals surface area contributed by atoms with Gasteiger partial charge < -0.3 is 25.7 Å². The average Bonchev–Trinajstić information content (AvgIpc) is 1.54. The summed E-state index contributed by atoms with van der Waals surface area (Å²) in [5.41, 5.74) is 8.03. The van der Waals surface area contributed by atoms with Crippen molar-refractivity contribution < 1.29 is 89.5 Å². The van der Waals surface area contributed by atoms with Crippen molar-refractivity contribution in [3.05, 3.63) is 485 Å². The van der Waals surface area contributed by atoms with Crippen LogP contribution in [0.3, 0.4) is 0 Å². The zero-order valence-electron chi connectivity index (χ0n) is 67.4. The summed E-state index contributed by atoms with van der Waals surface area (Å²) >= 11 is 0. The smallest absolute Gasteiger partial charge is 0.366 e. The molecule has 0 unspecified atom stereocenters. The van der Waals surface area contributed by atoms with Gasteiger partial charge in [-0.2, -0.15) is 0 Å². The molecule has 0 aromatic heterocycles. The van der Waals surface area contributed by atoms with Crippen molar-refractivity contribution in [2.24, 2.45) is 0 Å². The van der Waals surface area contributed by atoms with E-state index in [1.807, 2.05) is 24.3 Å². The Kier molecular flexibility index (Phi) is 36.1. The molecule has 0 saturated carbocycles. The van der Waals surface area contributed by atoms with Crippen molar-refractivity contribution in [3.63, 3.8) is 0 Å². The minimum absolute atomic E-state index is 0. The van der Waals surface area contributed by atoms with Crippen LogP contribution in [0.5, 0.6) is 0 Å². The predicted octanol–water partition coefficient (Wildman–Crippen LogP) is 16.8. The van der Waals surface area contributed by atoms with Gasteiger partial charge in [0.1, 0.15) is 0 Å². The van der Waals surface area contributed by atoms with Gasteiger partial charge in [-0.3, -0.25) is 23.7 Å². The van der Waals surface area contributed by atoms with Crippen molar-refractivity contribution >= 4 is 132 Å². The maximum Gasteiger partial charge on any atom is 1.00 e. The molecule has 0 aliphatic carbocycles. The van der Waals surface area contributed by atoms with Gasteiger partial charge in [-0.05, 0) is 166 Å². The summed E-state index contributed by atoms with van der Waals surface area (Å²) in [5.74, 6) is 10.3. The molecule has 0 fully saturated rings. The van der Waals surface area contributed by atoms with E-state index in [9.17, 15) is 0 Å². The van der Waals surface area contributed by atoms with Crippen LogP contribution in [0, 0.1) is 49.4 Å². The molecule has 0 radical (unpaired) electrons. The molecule has 2 aliphatic heterocycles. The Balaban J connectivity index is 0.000000157. The third kappa shape index (κ3) is 21.6. The Hall–Kier alpha value is -9.13. The van der Waals surface area contributed by atoms with Gasteiger partial charge >= 0.3 is 89.5 Å². The first kappa shape index (κ1) is 93.6. The molecule has 2 aliphatic rings. The molecule has 0 bridgehead atoms. The van der Waals surface area contributed by atoms with Gasteiger partial charge in [0.2, 0.25) is 0 Å². The van der Waals surface area contributed by atoms with E-state index >= 15 is 0 Å². The maximum atomic E-state index is 7.70. The van der Waals surface area contributed by atoms with Crippen LogP contribution >= 0.6 is 31.7 Å². The van der Waals surface area contributed by atoms with Gasteiger partial charge in [-0.15, -0.1) is 70.8 Å². The molecule has 608 valence electrons. The zero-order chi connectivity index (χ0) is 80.6. The second-order valence-electron chi connectivity index (χ2n) is 29.8. The van der Waals surface area contributed by atoms with Crippen LogP contribution in [0.1, 0.15) is 47.9 Å². The van der Waals surface area contributed by atoms with Gasteiger partial charge in [0.05, 0.1) is 98.8 Å². The average molecular weight is 2410 g/mol. The largest absolute Gasteiger partial charge is 1.00 e. The predicted molar refractivity (Wildman–Crippen MR) is 523 cm³/mol. The van der Waals surface area contributed by atoms with Crippen LogP contribution < -0.4 is 83.9 Å². The fraction of sp³-hybridized carbons (Fsp3) is 0.0714. The maximum absolute atomic E-state index is 7.70. The number of fused-ring (bicyclic) bond motifs is 6. The van der Waals surface area contributed by atoms with Crippen molar-refractivity contribution in [1.82, 2.24) is 0 Å². The molecule has 16 aromatic carbocycles. The first-order valence-corrected chi connectivity index (χ1v) is 51.6. The summed E-state index contributed by atoms with van der Waals surface area (Å²) < 4.78 is 0. The van der Waals surface area contributed by atoms with Crippen LogP contribution in [0.15, 0.2) is 437 Å². The first-order chi connectivity index (χ1) is 58.4. The number of benzene rings is 16. The topological polar surface area (TPSA) is 0 Å².